The molecule has 0 saturated heterocycles. The molecular weight excluding hydrogens is 678 g/mol. The Hall–Kier alpha value is -5.10. The predicted octanol–water partition coefficient (Wildman–Crippen LogP) is 5.72. The van der Waals surface area contributed by atoms with Gasteiger partial charge >= 0.3 is 0 Å². The number of oxazole rings is 1. The van der Waals surface area contributed by atoms with E-state index in [1.165, 1.54) is 12.3 Å². The van der Waals surface area contributed by atoms with E-state index in [1.807, 2.05) is 57.2 Å². The lowest BCUT2D eigenvalue weighted by molar-refractivity contribution is -0.125. The lowest BCUT2D eigenvalue weighted by atomic mass is 9.72. The maximum atomic E-state index is 14.3. The average molecular weight is 711 g/mol. The Morgan fingerprint density at radius 3 is 2.75 bits per heavy atom. The summed E-state index contributed by atoms with van der Waals surface area (Å²) < 4.78 is 14.1. The van der Waals surface area contributed by atoms with Crippen molar-refractivity contribution in [2.24, 2.45) is 11.8 Å². The molecule has 12 heteroatoms. The number of aromatic hydroxyl groups is 1. The summed E-state index contributed by atoms with van der Waals surface area (Å²) in [5.74, 6) is -0.529. The Kier molecular flexibility index (Phi) is 6.92. The molecule has 11 nitrogen and oxygen atoms in total. The molecule has 0 radical (unpaired) electrons. The Bertz CT molecular complexity index is 2170. The number of phenolic OH excluding ortho intramolecular Hbond substituents is 1. The van der Waals surface area contributed by atoms with Crippen molar-refractivity contribution in [1.29, 1.82) is 0 Å². The first-order chi connectivity index (χ1) is 23.1. The molecule has 3 aromatic carbocycles. The molecule has 2 amide bonds. The second-order valence-electron chi connectivity index (χ2n) is 13.0. The van der Waals surface area contributed by atoms with Gasteiger partial charge in [0.15, 0.2) is 23.5 Å². The molecule has 5 N–H and O–H groups in total. The monoisotopic (exact) mass is 709 g/mol. The van der Waals surface area contributed by atoms with Crippen LogP contribution in [-0.2, 0) is 16.6 Å². The number of aromatic amines is 1. The molecule has 48 heavy (non-hydrogen) atoms. The summed E-state index contributed by atoms with van der Waals surface area (Å²) in [5.41, 5.74) is 2.99. The number of H-pyrrole nitrogens is 1. The first kappa shape index (κ1) is 30.2. The van der Waals surface area contributed by atoms with E-state index in [-0.39, 0.29) is 53.2 Å². The van der Waals surface area contributed by atoms with Crippen LogP contribution in [0.5, 0.6) is 11.5 Å². The quantitative estimate of drug-likeness (QED) is 0.145. The number of nitrogens with one attached hydrogen (secondary N) is 4. The highest BCUT2D eigenvalue weighted by Crippen LogP contribution is 2.59. The van der Waals surface area contributed by atoms with Crippen LogP contribution in [-0.4, -0.2) is 45.4 Å². The smallest absolute Gasteiger partial charge is 0.273 e. The molecule has 2 unspecified atom stereocenters. The van der Waals surface area contributed by atoms with Gasteiger partial charge in [-0.05, 0) is 52.0 Å². The molecule has 244 valence electrons. The van der Waals surface area contributed by atoms with Gasteiger partial charge in [-0.2, -0.15) is 0 Å². The first-order valence-electron chi connectivity index (χ1n) is 15.9. The topological polar surface area (TPSA) is 159 Å². The van der Waals surface area contributed by atoms with Crippen molar-refractivity contribution in [3.05, 3.63) is 105 Å². The van der Waals surface area contributed by atoms with E-state index in [9.17, 15) is 19.5 Å². The standard InChI is InChI=1S/C36H32BrN5O6/c1-16(2)27-34-41-30(33(46)39-15-25(44)20-14-38-28-19(20)6-4-9-24(28)43)31(48-34)36-21-7-5-8-23(37)29(21)42-35(36)47-26-11-10-18(13-22(26)36)12-17(3)32(45)40-27/h4-11,13-14,16-17,27,35,38,42-43H,12,15H2,1-3H3,(H,39,46)(H,40,45)/t17-,27?,35?,36-/m0/s1. The minimum Gasteiger partial charge on any atom is -0.506 e. The maximum Gasteiger partial charge on any atom is 0.273 e. The number of carbonyl (C=O) groups excluding carboxylic acids is 3. The Balaban J connectivity index is 1.29. The fourth-order valence-electron chi connectivity index (χ4n) is 7.24. The summed E-state index contributed by atoms with van der Waals surface area (Å²) in [5, 5.41) is 20.1. The minimum absolute atomic E-state index is 0.0111. The highest BCUT2D eigenvalue weighted by Gasteiger charge is 2.61. The van der Waals surface area contributed by atoms with Crippen molar-refractivity contribution in [3.63, 3.8) is 0 Å². The number of rotatable bonds is 5. The SMILES string of the molecule is CC(C)C1NC(=O)[C@@H](C)Cc2ccc3c(c2)[C@@]2(c4cccc(Br)c4NC2O3)c2oc1nc2C(=O)NCC(=O)c1c[nH]c2c(O)cccc12. The van der Waals surface area contributed by atoms with Gasteiger partial charge in [-0.15, -0.1) is 0 Å². The largest absolute Gasteiger partial charge is 0.506 e. The Labute approximate surface area is 283 Å². The molecule has 1 spiro atoms. The van der Waals surface area contributed by atoms with E-state index in [0.717, 1.165) is 26.9 Å². The van der Waals surface area contributed by atoms with Crippen molar-refractivity contribution in [1.82, 2.24) is 20.6 Å². The number of fused-ring (bicyclic) bond motifs is 5. The summed E-state index contributed by atoms with van der Waals surface area (Å²) in [4.78, 5) is 48.8. The van der Waals surface area contributed by atoms with E-state index in [2.05, 4.69) is 36.9 Å². The van der Waals surface area contributed by atoms with E-state index in [1.54, 1.807) is 12.1 Å². The van der Waals surface area contributed by atoms with Crippen LogP contribution < -0.4 is 20.7 Å². The molecule has 8 rings (SSSR count). The number of hydrogen-bond acceptors (Lipinski definition) is 8. The van der Waals surface area contributed by atoms with E-state index in [4.69, 9.17) is 14.1 Å². The number of ketones is 1. The van der Waals surface area contributed by atoms with Crippen LogP contribution >= 0.6 is 15.9 Å². The molecule has 0 saturated carbocycles. The van der Waals surface area contributed by atoms with Gasteiger partial charge in [0, 0.05) is 38.7 Å². The molecule has 5 heterocycles. The van der Waals surface area contributed by atoms with Crippen LogP contribution in [0.2, 0.25) is 0 Å². The van der Waals surface area contributed by atoms with E-state index < -0.39 is 23.6 Å². The lowest BCUT2D eigenvalue weighted by Gasteiger charge is -2.28. The van der Waals surface area contributed by atoms with Crippen LogP contribution in [0.3, 0.4) is 0 Å². The molecule has 5 aromatic rings. The van der Waals surface area contributed by atoms with Crippen LogP contribution in [0, 0.1) is 11.8 Å². The van der Waals surface area contributed by atoms with Crippen molar-refractivity contribution < 1.29 is 28.6 Å². The van der Waals surface area contributed by atoms with Crippen molar-refractivity contribution in [2.75, 3.05) is 11.9 Å². The number of hydrogen-bond donors (Lipinski definition) is 5. The lowest BCUT2D eigenvalue weighted by Crippen LogP contribution is -2.41. The van der Waals surface area contributed by atoms with Crippen LogP contribution in [0.25, 0.3) is 10.9 Å². The summed E-state index contributed by atoms with van der Waals surface area (Å²) in [6, 6.07) is 16.0. The summed E-state index contributed by atoms with van der Waals surface area (Å²) in [7, 11) is 0. The molecule has 0 fully saturated rings. The van der Waals surface area contributed by atoms with Crippen LogP contribution in [0.1, 0.15) is 76.0 Å². The van der Waals surface area contributed by atoms with Crippen LogP contribution in [0.4, 0.5) is 5.69 Å². The summed E-state index contributed by atoms with van der Waals surface area (Å²) >= 11 is 3.68. The third-order valence-corrected chi connectivity index (χ3v) is 10.3. The second kappa shape index (κ2) is 11.0. The summed E-state index contributed by atoms with van der Waals surface area (Å²) in [6.45, 7) is 5.45. The number of para-hydroxylation sites is 2. The fraction of sp³-hybridized carbons (Fsp3) is 0.278. The number of phenols is 1. The zero-order chi connectivity index (χ0) is 33.5. The minimum atomic E-state index is -1.13. The highest BCUT2D eigenvalue weighted by atomic mass is 79.9. The number of halogens is 1. The Morgan fingerprint density at radius 2 is 1.94 bits per heavy atom. The molecular formula is C36H32BrN5O6. The van der Waals surface area contributed by atoms with E-state index in [0.29, 0.717) is 28.6 Å². The number of anilines is 1. The van der Waals surface area contributed by atoms with Gasteiger partial charge < -0.3 is 35.2 Å². The second-order valence-corrected chi connectivity index (χ2v) is 13.9. The fourth-order valence-corrected chi connectivity index (χ4v) is 7.73. The number of amides is 2. The third kappa shape index (κ3) is 4.38. The molecule has 0 aliphatic carbocycles. The van der Waals surface area contributed by atoms with Gasteiger partial charge in [-0.1, -0.05) is 57.2 Å². The third-order valence-electron chi connectivity index (χ3n) is 9.66. The molecule has 3 aliphatic heterocycles. The summed E-state index contributed by atoms with van der Waals surface area (Å²) in [6.07, 6.45) is 1.33. The molecule has 4 atom stereocenters. The number of benzene rings is 3. The van der Waals surface area contributed by atoms with E-state index >= 15 is 0 Å². The van der Waals surface area contributed by atoms with Gasteiger partial charge in [0.1, 0.15) is 23.0 Å². The van der Waals surface area contributed by atoms with Crippen LogP contribution in [0.15, 0.2) is 69.7 Å². The zero-order valence-electron chi connectivity index (χ0n) is 26.3. The zero-order valence-corrected chi connectivity index (χ0v) is 27.9. The van der Waals surface area contributed by atoms with Crippen molar-refractivity contribution >= 4 is 50.1 Å². The number of Topliss-reactive ketones (excluding diaryl/α,β-unsaturated/α-hetero) is 1. The van der Waals surface area contributed by atoms with Crippen molar-refractivity contribution in [2.45, 2.75) is 44.9 Å². The highest BCUT2D eigenvalue weighted by molar-refractivity contribution is 9.10. The van der Waals surface area contributed by atoms with Gasteiger partial charge in [0.05, 0.1) is 17.7 Å². The molecule has 2 aromatic heterocycles. The first-order valence-corrected chi connectivity index (χ1v) is 16.6. The number of aromatic nitrogens is 2. The molecule has 4 bridgehead atoms. The maximum absolute atomic E-state index is 14.3. The Morgan fingerprint density at radius 1 is 1.12 bits per heavy atom. The van der Waals surface area contributed by atoms with Gasteiger partial charge in [0.2, 0.25) is 11.8 Å². The average Bonchev–Trinajstić information content (AvgIpc) is 3.83. The van der Waals surface area contributed by atoms with Gasteiger partial charge in [-0.3, -0.25) is 14.4 Å². The number of carbonyl (C=O) groups is 3. The van der Waals surface area contributed by atoms with Crippen molar-refractivity contribution in [3.8, 4) is 11.5 Å². The normalized spacial score (nSPS) is 22.2. The number of ether oxygens (including phenoxy) is 1. The number of nitrogens with zero attached hydrogens (tertiary/aromatic N) is 1. The predicted molar refractivity (Wildman–Crippen MR) is 180 cm³/mol. The molecule has 3 aliphatic rings. The van der Waals surface area contributed by atoms with Gasteiger partial charge in [0.25, 0.3) is 5.91 Å². The van der Waals surface area contributed by atoms with Gasteiger partial charge in [-0.25, -0.2) is 4.98 Å².